The highest BCUT2D eigenvalue weighted by Gasteiger charge is 2.24. The van der Waals surface area contributed by atoms with E-state index < -0.39 is 0 Å². The fourth-order valence-corrected chi connectivity index (χ4v) is 3.56. The SMILES string of the molecule is CCCCCCCCC(=O)NCC1CCCCC1CCl. The van der Waals surface area contributed by atoms with Gasteiger partial charge in [0.05, 0.1) is 0 Å². The van der Waals surface area contributed by atoms with E-state index in [0.717, 1.165) is 18.8 Å². The molecule has 0 heterocycles. The minimum atomic E-state index is 0.236. The summed E-state index contributed by atoms with van der Waals surface area (Å²) >= 11 is 6.02. The fourth-order valence-electron chi connectivity index (χ4n) is 3.16. The van der Waals surface area contributed by atoms with Crippen LogP contribution in [0.15, 0.2) is 0 Å². The first-order valence-electron chi connectivity index (χ1n) is 8.60. The van der Waals surface area contributed by atoms with Gasteiger partial charge in [-0.3, -0.25) is 4.79 Å². The van der Waals surface area contributed by atoms with Crippen LogP contribution in [0.2, 0.25) is 0 Å². The molecule has 1 saturated carbocycles. The third-order valence-electron chi connectivity index (χ3n) is 4.58. The van der Waals surface area contributed by atoms with Crippen molar-refractivity contribution in [2.75, 3.05) is 12.4 Å². The highest BCUT2D eigenvalue weighted by Crippen LogP contribution is 2.30. The Morgan fingerprint density at radius 3 is 2.40 bits per heavy atom. The van der Waals surface area contributed by atoms with Crippen molar-refractivity contribution in [1.82, 2.24) is 5.32 Å². The molecule has 0 aromatic carbocycles. The van der Waals surface area contributed by atoms with Crippen LogP contribution in [-0.2, 0) is 4.79 Å². The molecule has 0 aromatic rings. The van der Waals surface area contributed by atoms with Crippen molar-refractivity contribution >= 4 is 17.5 Å². The molecule has 2 unspecified atom stereocenters. The normalized spacial score (nSPS) is 22.7. The van der Waals surface area contributed by atoms with E-state index in [0.29, 0.717) is 18.3 Å². The molecule has 0 radical (unpaired) electrons. The lowest BCUT2D eigenvalue weighted by molar-refractivity contribution is -0.121. The largest absolute Gasteiger partial charge is 0.356 e. The van der Waals surface area contributed by atoms with Gasteiger partial charge in [0.1, 0.15) is 0 Å². The van der Waals surface area contributed by atoms with Crippen molar-refractivity contribution in [3.05, 3.63) is 0 Å². The predicted octanol–water partition coefficient (Wildman–Crippen LogP) is 4.90. The Morgan fingerprint density at radius 1 is 1.05 bits per heavy atom. The number of nitrogens with one attached hydrogen (secondary N) is 1. The van der Waals surface area contributed by atoms with E-state index >= 15 is 0 Å². The van der Waals surface area contributed by atoms with Crippen molar-refractivity contribution < 1.29 is 4.79 Å². The molecule has 1 aliphatic carbocycles. The molecule has 118 valence electrons. The van der Waals surface area contributed by atoms with Crippen LogP contribution in [0.5, 0.6) is 0 Å². The van der Waals surface area contributed by atoms with Gasteiger partial charge >= 0.3 is 0 Å². The van der Waals surface area contributed by atoms with Crippen LogP contribution >= 0.6 is 11.6 Å². The third-order valence-corrected chi connectivity index (χ3v) is 4.98. The van der Waals surface area contributed by atoms with Gasteiger partial charge in [0.25, 0.3) is 0 Å². The minimum absolute atomic E-state index is 0.236. The zero-order valence-corrected chi connectivity index (χ0v) is 13.9. The lowest BCUT2D eigenvalue weighted by atomic mass is 9.80. The van der Waals surface area contributed by atoms with E-state index in [1.54, 1.807) is 0 Å². The molecular formula is C17H32ClNO. The third kappa shape index (κ3) is 7.52. The molecule has 1 fully saturated rings. The van der Waals surface area contributed by atoms with Gasteiger partial charge in [0.2, 0.25) is 5.91 Å². The molecule has 0 bridgehead atoms. The average molecular weight is 302 g/mol. The smallest absolute Gasteiger partial charge is 0.220 e. The Kier molecular flexibility index (Phi) is 10.2. The molecule has 0 aromatic heterocycles. The van der Waals surface area contributed by atoms with E-state index in [1.807, 2.05) is 0 Å². The van der Waals surface area contributed by atoms with Crippen molar-refractivity contribution in [3.63, 3.8) is 0 Å². The highest BCUT2D eigenvalue weighted by molar-refractivity contribution is 6.18. The van der Waals surface area contributed by atoms with Crippen LogP contribution in [-0.4, -0.2) is 18.3 Å². The minimum Gasteiger partial charge on any atom is -0.356 e. The Morgan fingerprint density at radius 2 is 1.70 bits per heavy atom. The van der Waals surface area contributed by atoms with Crippen molar-refractivity contribution in [2.45, 2.75) is 77.6 Å². The molecule has 0 saturated heterocycles. The maximum atomic E-state index is 11.8. The number of hydrogen-bond donors (Lipinski definition) is 1. The summed E-state index contributed by atoms with van der Waals surface area (Å²) in [7, 11) is 0. The maximum Gasteiger partial charge on any atom is 0.220 e. The van der Waals surface area contributed by atoms with Crippen LogP contribution in [0.1, 0.15) is 77.6 Å². The Labute approximate surface area is 130 Å². The van der Waals surface area contributed by atoms with Crippen LogP contribution in [0.3, 0.4) is 0 Å². The second-order valence-corrected chi connectivity index (χ2v) is 6.59. The Bertz CT molecular complexity index is 257. The van der Waals surface area contributed by atoms with Crippen LogP contribution in [0.25, 0.3) is 0 Å². The molecule has 0 spiro atoms. The number of alkyl halides is 1. The number of hydrogen-bond acceptors (Lipinski definition) is 1. The number of carbonyl (C=O) groups excluding carboxylic acids is 1. The average Bonchev–Trinajstić information content (AvgIpc) is 2.49. The first kappa shape index (κ1) is 17.8. The van der Waals surface area contributed by atoms with Gasteiger partial charge in [-0.05, 0) is 31.1 Å². The van der Waals surface area contributed by atoms with Gasteiger partial charge in [-0.2, -0.15) is 0 Å². The van der Waals surface area contributed by atoms with Crippen LogP contribution in [0, 0.1) is 11.8 Å². The summed E-state index contributed by atoms with van der Waals surface area (Å²) in [6.45, 7) is 3.07. The van der Waals surface area contributed by atoms with Crippen molar-refractivity contribution in [2.24, 2.45) is 11.8 Å². The summed E-state index contributed by atoms with van der Waals surface area (Å²) in [5.41, 5.74) is 0. The summed E-state index contributed by atoms with van der Waals surface area (Å²) in [5, 5.41) is 3.12. The van der Waals surface area contributed by atoms with Crippen LogP contribution < -0.4 is 5.32 Å². The monoisotopic (exact) mass is 301 g/mol. The van der Waals surface area contributed by atoms with E-state index in [2.05, 4.69) is 12.2 Å². The zero-order chi connectivity index (χ0) is 14.6. The molecule has 1 amide bonds. The van der Waals surface area contributed by atoms with Gasteiger partial charge in [-0.15, -0.1) is 11.6 Å². The van der Waals surface area contributed by atoms with E-state index in [-0.39, 0.29) is 5.91 Å². The molecule has 1 N–H and O–H groups in total. The van der Waals surface area contributed by atoms with Crippen molar-refractivity contribution in [1.29, 1.82) is 0 Å². The fraction of sp³-hybridized carbons (Fsp3) is 0.941. The first-order valence-corrected chi connectivity index (χ1v) is 9.14. The number of carbonyl (C=O) groups is 1. The van der Waals surface area contributed by atoms with E-state index in [9.17, 15) is 4.79 Å². The Hall–Kier alpha value is -0.240. The number of amides is 1. The molecule has 0 aliphatic heterocycles. The zero-order valence-electron chi connectivity index (χ0n) is 13.1. The second kappa shape index (κ2) is 11.4. The second-order valence-electron chi connectivity index (χ2n) is 6.28. The lowest BCUT2D eigenvalue weighted by Gasteiger charge is -2.30. The van der Waals surface area contributed by atoms with Gasteiger partial charge in [-0.1, -0.05) is 51.9 Å². The van der Waals surface area contributed by atoms with Gasteiger partial charge in [0, 0.05) is 18.8 Å². The lowest BCUT2D eigenvalue weighted by Crippen LogP contribution is -2.34. The maximum absolute atomic E-state index is 11.8. The summed E-state index contributed by atoms with van der Waals surface area (Å²) in [5.74, 6) is 2.20. The predicted molar refractivity (Wildman–Crippen MR) is 87.2 cm³/mol. The molecule has 1 aliphatic rings. The summed E-state index contributed by atoms with van der Waals surface area (Å²) in [6, 6.07) is 0. The number of unbranched alkanes of at least 4 members (excludes halogenated alkanes) is 5. The van der Waals surface area contributed by atoms with Crippen LogP contribution in [0.4, 0.5) is 0 Å². The molecule has 3 heteroatoms. The topological polar surface area (TPSA) is 29.1 Å². The van der Waals surface area contributed by atoms with Crippen molar-refractivity contribution in [3.8, 4) is 0 Å². The number of halogens is 1. The Balaban J connectivity index is 2.04. The summed E-state index contributed by atoms with van der Waals surface area (Å²) < 4.78 is 0. The first-order chi connectivity index (χ1) is 9.77. The molecule has 2 atom stereocenters. The molecular weight excluding hydrogens is 270 g/mol. The summed E-state index contributed by atoms with van der Waals surface area (Å²) in [6.07, 6.45) is 13.2. The molecule has 20 heavy (non-hydrogen) atoms. The quantitative estimate of drug-likeness (QED) is 0.451. The number of rotatable bonds is 10. The summed E-state index contributed by atoms with van der Waals surface area (Å²) in [4.78, 5) is 11.8. The standard InChI is InChI=1S/C17H32ClNO/c1-2-3-4-5-6-7-12-17(20)19-14-16-11-9-8-10-15(16)13-18/h15-16H,2-14H2,1H3,(H,19,20). The van der Waals surface area contributed by atoms with Gasteiger partial charge in [0.15, 0.2) is 0 Å². The van der Waals surface area contributed by atoms with Gasteiger partial charge < -0.3 is 5.32 Å². The highest BCUT2D eigenvalue weighted by atomic mass is 35.5. The van der Waals surface area contributed by atoms with E-state index in [1.165, 1.54) is 57.8 Å². The molecule has 1 rings (SSSR count). The molecule has 2 nitrogen and oxygen atoms in total. The van der Waals surface area contributed by atoms with Gasteiger partial charge in [-0.25, -0.2) is 0 Å². The van der Waals surface area contributed by atoms with E-state index in [4.69, 9.17) is 11.6 Å².